The van der Waals surface area contributed by atoms with Crippen LogP contribution < -0.4 is 0 Å². The largest absolute Gasteiger partial charge is 0.463 e. The summed E-state index contributed by atoms with van der Waals surface area (Å²) in [6.07, 6.45) is 3.76. The summed E-state index contributed by atoms with van der Waals surface area (Å²) in [4.78, 5) is 24.6. The van der Waals surface area contributed by atoms with Gasteiger partial charge in [0.15, 0.2) is 10.8 Å². The van der Waals surface area contributed by atoms with Crippen LogP contribution in [-0.4, -0.2) is 58.5 Å². The number of aliphatic imine (C=N–C) groups is 1. The van der Waals surface area contributed by atoms with Crippen molar-refractivity contribution in [1.82, 2.24) is 14.2 Å². The van der Waals surface area contributed by atoms with E-state index in [0.29, 0.717) is 28.7 Å². The third-order valence-electron chi connectivity index (χ3n) is 4.95. The molecule has 0 spiro atoms. The molecule has 10 heteroatoms. The Bertz CT molecular complexity index is 1010. The SMILES string of the molecule is CCOC(=O)C1=C2CN(SC)CCN2C(c2nccs2)=NC1c1ccc(F)cc1Br. The zero-order valence-corrected chi connectivity index (χ0v) is 19.7. The highest BCUT2D eigenvalue weighted by molar-refractivity contribution is 9.10. The van der Waals surface area contributed by atoms with Gasteiger partial charge in [0.05, 0.1) is 18.7 Å². The average Bonchev–Trinajstić information content (AvgIpc) is 3.27. The van der Waals surface area contributed by atoms with Crippen molar-refractivity contribution in [1.29, 1.82) is 0 Å². The van der Waals surface area contributed by atoms with E-state index >= 15 is 0 Å². The van der Waals surface area contributed by atoms with Gasteiger partial charge in [0.1, 0.15) is 11.9 Å². The van der Waals surface area contributed by atoms with E-state index in [-0.39, 0.29) is 12.4 Å². The monoisotopic (exact) mass is 510 g/mol. The minimum absolute atomic E-state index is 0.266. The topological polar surface area (TPSA) is 58.0 Å². The maximum atomic E-state index is 13.8. The molecule has 2 aliphatic rings. The van der Waals surface area contributed by atoms with Crippen LogP contribution in [0.1, 0.15) is 23.5 Å². The van der Waals surface area contributed by atoms with Gasteiger partial charge in [-0.05, 0) is 30.9 Å². The second-order valence-electron chi connectivity index (χ2n) is 6.64. The summed E-state index contributed by atoms with van der Waals surface area (Å²) >= 11 is 6.60. The number of benzene rings is 1. The third kappa shape index (κ3) is 4.05. The lowest BCUT2D eigenvalue weighted by molar-refractivity contribution is -0.139. The number of nitrogens with zero attached hydrogens (tertiary/aromatic N) is 4. The van der Waals surface area contributed by atoms with Crippen LogP contribution in [0, 0.1) is 5.82 Å². The fourth-order valence-corrected chi connectivity index (χ4v) is 5.33. The van der Waals surface area contributed by atoms with Gasteiger partial charge in [-0.15, -0.1) is 11.3 Å². The Morgan fingerprint density at radius 1 is 1.43 bits per heavy atom. The van der Waals surface area contributed by atoms with Gasteiger partial charge in [-0.25, -0.2) is 18.5 Å². The van der Waals surface area contributed by atoms with Crippen LogP contribution in [0.5, 0.6) is 0 Å². The molecular weight excluding hydrogens is 491 g/mol. The molecule has 158 valence electrons. The fraction of sp³-hybridized carbons (Fsp3) is 0.350. The van der Waals surface area contributed by atoms with E-state index in [2.05, 4.69) is 30.1 Å². The molecule has 0 amide bonds. The molecule has 3 heterocycles. The molecule has 1 aromatic heterocycles. The minimum Gasteiger partial charge on any atom is -0.463 e. The molecule has 2 aliphatic heterocycles. The number of ether oxygens (including phenoxy) is 1. The van der Waals surface area contributed by atoms with Crippen molar-refractivity contribution < 1.29 is 13.9 Å². The summed E-state index contributed by atoms with van der Waals surface area (Å²) in [5, 5.41) is 2.69. The molecule has 0 radical (unpaired) electrons. The second kappa shape index (κ2) is 9.17. The van der Waals surface area contributed by atoms with Crippen LogP contribution in [0.4, 0.5) is 4.39 Å². The number of piperazine rings is 1. The second-order valence-corrected chi connectivity index (χ2v) is 9.27. The number of thiazole rings is 1. The van der Waals surface area contributed by atoms with E-state index in [0.717, 1.165) is 23.1 Å². The Balaban J connectivity index is 1.91. The number of hydrogen-bond acceptors (Lipinski definition) is 8. The van der Waals surface area contributed by atoms with Crippen molar-refractivity contribution in [3.8, 4) is 0 Å². The molecule has 4 rings (SSSR count). The summed E-state index contributed by atoms with van der Waals surface area (Å²) in [6, 6.07) is 3.82. The molecule has 6 nitrogen and oxygen atoms in total. The fourth-order valence-electron chi connectivity index (χ4n) is 3.60. The molecule has 1 aromatic carbocycles. The van der Waals surface area contributed by atoms with E-state index < -0.39 is 12.0 Å². The number of amidine groups is 1. The number of esters is 1. The van der Waals surface area contributed by atoms with Gasteiger partial charge >= 0.3 is 5.97 Å². The molecule has 30 heavy (non-hydrogen) atoms. The van der Waals surface area contributed by atoms with Crippen LogP contribution >= 0.6 is 39.2 Å². The van der Waals surface area contributed by atoms with Gasteiger partial charge in [0.25, 0.3) is 0 Å². The summed E-state index contributed by atoms with van der Waals surface area (Å²) in [7, 11) is 0. The molecule has 2 aromatic rings. The van der Waals surface area contributed by atoms with E-state index in [1.165, 1.54) is 23.5 Å². The standard InChI is InChI=1S/C20H20BrFN4O2S2/c1-3-28-20(27)16-15-11-25(29-2)7-8-26(15)18(19-23-6-9-30-19)24-17(16)13-5-4-12(22)10-14(13)21/h4-6,9-10,17H,3,7-8,11H2,1-2H3. The van der Waals surface area contributed by atoms with Gasteiger partial charge in [-0.2, -0.15) is 0 Å². The van der Waals surface area contributed by atoms with Crippen LogP contribution in [0.2, 0.25) is 0 Å². The first-order valence-electron chi connectivity index (χ1n) is 9.42. The molecule has 0 N–H and O–H groups in total. The highest BCUT2D eigenvalue weighted by atomic mass is 79.9. The first-order chi connectivity index (χ1) is 14.5. The van der Waals surface area contributed by atoms with Crippen molar-refractivity contribution >= 4 is 51.0 Å². The van der Waals surface area contributed by atoms with Crippen LogP contribution in [0.15, 0.2) is 50.5 Å². The number of halogens is 2. The number of fused-ring (bicyclic) bond motifs is 1. The zero-order valence-electron chi connectivity index (χ0n) is 16.5. The number of rotatable bonds is 5. The van der Waals surface area contributed by atoms with Gasteiger partial charge in [0.2, 0.25) is 0 Å². The lowest BCUT2D eigenvalue weighted by Gasteiger charge is -2.41. The summed E-state index contributed by atoms with van der Waals surface area (Å²) in [6.45, 7) is 4.15. The lowest BCUT2D eigenvalue weighted by Crippen LogP contribution is -2.48. The van der Waals surface area contributed by atoms with E-state index in [4.69, 9.17) is 9.73 Å². The van der Waals surface area contributed by atoms with Crippen LogP contribution in [0.3, 0.4) is 0 Å². The predicted octanol–water partition coefficient (Wildman–Crippen LogP) is 4.26. The van der Waals surface area contributed by atoms with Crippen molar-refractivity contribution in [2.75, 3.05) is 32.5 Å². The van der Waals surface area contributed by atoms with Crippen molar-refractivity contribution in [3.05, 3.63) is 61.9 Å². The first-order valence-corrected chi connectivity index (χ1v) is 12.3. The van der Waals surface area contributed by atoms with E-state index in [9.17, 15) is 9.18 Å². The molecule has 1 unspecified atom stereocenters. The number of hydrogen-bond donors (Lipinski definition) is 0. The van der Waals surface area contributed by atoms with Gasteiger partial charge in [0, 0.05) is 34.8 Å². The third-order valence-corrected chi connectivity index (χ3v) is 7.23. The van der Waals surface area contributed by atoms with Crippen molar-refractivity contribution in [3.63, 3.8) is 0 Å². The normalized spacial score (nSPS) is 19.5. The summed E-state index contributed by atoms with van der Waals surface area (Å²) < 4.78 is 21.9. The molecule has 1 saturated heterocycles. The quantitative estimate of drug-likeness (QED) is 0.442. The average molecular weight is 511 g/mol. The van der Waals surface area contributed by atoms with Crippen molar-refractivity contribution in [2.45, 2.75) is 13.0 Å². The first kappa shape index (κ1) is 21.5. The van der Waals surface area contributed by atoms with E-state index in [1.807, 2.05) is 11.6 Å². The summed E-state index contributed by atoms with van der Waals surface area (Å²) in [5.41, 5.74) is 2.06. The highest BCUT2D eigenvalue weighted by Crippen LogP contribution is 2.40. The van der Waals surface area contributed by atoms with Crippen LogP contribution in [0.25, 0.3) is 0 Å². The number of carbonyl (C=O) groups is 1. The molecule has 0 bridgehead atoms. The maximum absolute atomic E-state index is 13.8. The Kier molecular flexibility index (Phi) is 6.57. The molecule has 1 fully saturated rings. The van der Waals surface area contributed by atoms with Crippen LogP contribution in [-0.2, 0) is 9.53 Å². The molecular formula is C20H20BrFN4O2S2. The Morgan fingerprint density at radius 2 is 2.27 bits per heavy atom. The highest BCUT2D eigenvalue weighted by Gasteiger charge is 2.40. The zero-order chi connectivity index (χ0) is 21.3. The van der Waals surface area contributed by atoms with Crippen molar-refractivity contribution in [2.24, 2.45) is 4.99 Å². The number of aromatic nitrogens is 1. The molecule has 0 saturated carbocycles. The Morgan fingerprint density at radius 3 is 2.93 bits per heavy atom. The van der Waals surface area contributed by atoms with Gasteiger partial charge in [-0.3, -0.25) is 4.99 Å². The summed E-state index contributed by atoms with van der Waals surface area (Å²) in [5.74, 6) is -0.0256. The Hall–Kier alpha value is -1.75. The molecule has 1 atom stereocenters. The predicted molar refractivity (Wildman–Crippen MR) is 121 cm³/mol. The Labute approximate surface area is 191 Å². The van der Waals surface area contributed by atoms with Gasteiger partial charge in [-0.1, -0.05) is 33.9 Å². The van der Waals surface area contributed by atoms with Gasteiger partial charge < -0.3 is 9.64 Å². The number of carbonyl (C=O) groups excluding carboxylic acids is 1. The van der Waals surface area contributed by atoms with E-state index in [1.54, 1.807) is 31.1 Å². The minimum atomic E-state index is -0.619. The molecule has 0 aliphatic carbocycles. The maximum Gasteiger partial charge on any atom is 0.338 e. The smallest absolute Gasteiger partial charge is 0.338 e. The lowest BCUT2D eigenvalue weighted by atomic mass is 9.94.